The minimum absolute atomic E-state index is 0. The molecule has 10 heteroatoms. The van der Waals surface area contributed by atoms with Gasteiger partial charge in [-0.15, -0.1) is 24.0 Å². The van der Waals surface area contributed by atoms with Gasteiger partial charge in [-0.3, -0.25) is 4.99 Å². The number of guanidine groups is 1. The Balaban J connectivity index is 0.00000676. The predicted molar refractivity (Wildman–Crippen MR) is 123 cm³/mol. The largest absolute Gasteiger partial charge is 0.489 e. The molecule has 0 saturated heterocycles. The summed E-state index contributed by atoms with van der Waals surface area (Å²) in [6.07, 6.45) is 1.86. The van der Waals surface area contributed by atoms with Crippen molar-refractivity contribution in [2.24, 2.45) is 4.99 Å². The lowest BCUT2D eigenvalue weighted by molar-refractivity contribution is 0.224. The van der Waals surface area contributed by atoms with Crippen LogP contribution in [-0.2, 0) is 10.0 Å². The van der Waals surface area contributed by atoms with Gasteiger partial charge in [-0.05, 0) is 37.6 Å². The first-order valence-electron chi connectivity index (χ1n) is 8.58. The maximum absolute atomic E-state index is 11.5. The van der Waals surface area contributed by atoms with Gasteiger partial charge in [0, 0.05) is 31.7 Å². The van der Waals surface area contributed by atoms with Gasteiger partial charge in [0.05, 0.1) is 12.8 Å². The molecule has 0 radical (unpaired) electrons. The van der Waals surface area contributed by atoms with Crippen LogP contribution in [0, 0.1) is 0 Å². The second-order valence-electron chi connectivity index (χ2n) is 5.87. The molecule has 0 heterocycles. The van der Waals surface area contributed by atoms with Crippen LogP contribution >= 0.6 is 35.6 Å². The molecule has 0 spiro atoms. The van der Waals surface area contributed by atoms with Crippen LogP contribution in [0.2, 0.25) is 5.02 Å². The lowest BCUT2D eigenvalue weighted by Crippen LogP contribution is -2.42. The quantitative estimate of drug-likeness (QED) is 0.209. The van der Waals surface area contributed by atoms with Crippen molar-refractivity contribution in [3.8, 4) is 5.75 Å². The molecule has 7 nitrogen and oxygen atoms in total. The number of nitrogens with one attached hydrogen (secondary N) is 2. The third kappa shape index (κ3) is 11.0. The molecule has 2 N–H and O–H groups in total. The van der Waals surface area contributed by atoms with E-state index in [1.165, 1.54) is 10.6 Å². The molecule has 156 valence electrons. The topological polar surface area (TPSA) is 83.0 Å². The standard InChI is InChI=1S/C17H29ClN4O3S.HI/c1-5-22(26(4,23)24)12-6-11-20-17(19-3)21-13-14(2)25-16-9-7-15(18)8-10-16;/h7-10,14H,5-6,11-13H2,1-4H3,(H2,19,20,21);1H. The van der Waals surface area contributed by atoms with Crippen molar-refractivity contribution < 1.29 is 13.2 Å². The minimum atomic E-state index is -3.14. The van der Waals surface area contributed by atoms with Crippen LogP contribution in [-0.4, -0.2) is 64.3 Å². The summed E-state index contributed by atoms with van der Waals surface area (Å²) < 4.78 is 30.3. The van der Waals surface area contributed by atoms with E-state index < -0.39 is 10.0 Å². The summed E-state index contributed by atoms with van der Waals surface area (Å²) in [6.45, 7) is 5.95. The third-order valence-corrected chi connectivity index (χ3v) is 5.26. The summed E-state index contributed by atoms with van der Waals surface area (Å²) in [5, 5.41) is 7.03. The van der Waals surface area contributed by atoms with Crippen molar-refractivity contribution in [1.29, 1.82) is 0 Å². The molecule has 1 aromatic rings. The number of ether oxygens (including phenoxy) is 1. The fraction of sp³-hybridized carbons (Fsp3) is 0.588. The molecule has 0 aliphatic carbocycles. The maximum Gasteiger partial charge on any atom is 0.211 e. The molecule has 0 amide bonds. The van der Waals surface area contributed by atoms with Crippen molar-refractivity contribution in [3.05, 3.63) is 29.3 Å². The summed E-state index contributed by atoms with van der Waals surface area (Å²) in [5.74, 6) is 1.41. The highest BCUT2D eigenvalue weighted by atomic mass is 127. The van der Waals surface area contributed by atoms with Gasteiger partial charge in [0.25, 0.3) is 0 Å². The van der Waals surface area contributed by atoms with E-state index in [4.69, 9.17) is 16.3 Å². The molecule has 0 aromatic heterocycles. The number of hydrogen-bond donors (Lipinski definition) is 2. The zero-order valence-corrected chi connectivity index (χ0v) is 20.1. The number of aliphatic imine (C=N–C) groups is 1. The number of benzene rings is 1. The first kappa shape index (κ1) is 26.2. The van der Waals surface area contributed by atoms with Crippen molar-refractivity contribution in [1.82, 2.24) is 14.9 Å². The molecule has 1 unspecified atom stereocenters. The Hall–Kier alpha value is -0.780. The van der Waals surface area contributed by atoms with Gasteiger partial charge in [-0.2, -0.15) is 0 Å². The van der Waals surface area contributed by atoms with E-state index in [9.17, 15) is 8.42 Å². The molecule has 0 bridgehead atoms. The Bertz CT molecular complexity index is 671. The predicted octanol–water partition coefficient (Wildman–Crippen LogP) is 2.56. The molecule has 1 aromatic carbocycles. The number of halogens is 2. The third-order valence-electron chi connectivity index (χ3n) is 3.63. The fourth-order valence-electron chi connectivity index (χ4n) is 2.27. The van der Waals surface area contributed by atoms with Gasteiger partial charge < -0.3 is 15.4 Å². The number of sulfonamides is 1. The van der Waals surface area contributed by atoms with E-state index in [-0.39, 0.29) is 30.1 Å². The van der Waals surface area contributed by atoms with E-state index in [0.717, 1.165) is 5.75 Å². The molecular formula is C17H30ClIN4O3S. The Morgan fingerprint density at radius 3 is 2.44 bits per heavy atom. The van der Waals surface area contributed by atoms with E-state index in [1.54, 1.807) is 19.2 Å². The molecule has 1 atom stereocenters. The van der Waals surface area contributed by atoms with Crippen molar-refractivity contribution in [2.75, 3.05) is 39.5 Å². The van der Waals surface area contributed by atoms with Gasteiger partial charge in [-0.25, -0.2) is 12.7 Å². The Morgan fingerprint density at radius 2 is 1.93 bits per heavy atom. The van der Waals surface area contributed by atoms with E-state index in [1.807, 2.05) is 26.0 Å². The van der Waals surface area contributed by atoms with Crippen molar-refractivity contribution in [3.63, 3.8) is 0 Å². The van der Waals surface area contributed by atoms with Crippen molar-refractivity contribution in [2.45, 2.75) is 26.4 Å². The lowest BCUT2D eigenvalue weighted by atomic mass is 10.3. The van der Waals surface area contributed by atoms with Crippen LogP contribution in [0.25, 0.3) is 0 Å². The lowest BCUT2D eigenvalue weighted by Gasteiger charge is -2.19. The van der Waals surface area contributed by atoms with Gasteiger partial charge in [0.2, 0.25) is 10.0 Å². The Morgan fingerprint density at radius 1 is 1.30 bits per heavy atom. The van der Waals surface area contributed by atoms with Crippen LogP contribution < -0.4 is 15.4 Å². The zero-order valence-electron chi connectivity index (χ0n) is 16.2. The van der Waals surface area contributed by atoms with E-state index >= 15 is 0 Å². The van der Waals surface area contributed by atoms with E-state index in [2.05, 4.69) is 15.6 Å². The maximum atomic E-state index is 11.5. The molecule has 0 fully saturated rings. The highest BCUT2D eigenvalue weighted by Crippen LogP contribution is 2.16. The summed E-state index contributed by atoms with van der Waals surface area (Å²) in [7, 11) is -1.45. The average molecular weight is 533 g/mol. The van der Waals surface area contributed by atoms with Gasteiger partial charge in [0.15, 0.2) is 5.96 Å². The second kappa shape index (κ2) is 13.4. The summed E-state index contributed by atoms with van der Waals surface area (Å²) in [4.78, 5) is 4.15. The number of hydrogen-bond acceptors (Lipinski definition) is 4. The molecule has 27 heavy (non-hydrogen) atoms. The second-order valence-corrected chi connectivity index (χ2v) is 8.29. The molecule has 0 aliphatic rings. The van der Waals surface area contributed by atoms with Crippen LogP contribution in [0.15, 0.2) is 29.3 Å². The van der Waals surface area contributed by atoms with Gasteiger partial charge in [0.1, 0.15) is 11.9 Å². The Labute approximate surface area is 185 Å². The van der Waals surface area contributed by atoms with Crippen LogP contribution in [0.3, 0.4) is 0 Å². The molecule has 0 saturated carbocycles. The molecule has 1 rings (SSSR count). The van der Waals surface area contributed by atoms with Crippen LogP contribution in [0.1, 0.15) is 20.3 Å². The zero-order chi connectivity index (χ0) is 19.6. The van der Waals surface area contributed by atoms with Gasteiger partial charge in [-0.1, -0.05) is 18.5 Å². The molecular weight excluding hydrogens is 503 g/mol. The van der Waals surface area contributed by atoms with E-state index in [0.29, 0.717) is 43.6 Å². The highest BCUT2D eigenvalue weighted by molar-refractivity contribution is 14.0. The SMILES string of the molecule is CCN(CCCNC(=NC)NCC(C)Oc1ccc(Cl)cc1)S(C)(=O)=O.I. The van der Waals surface area contributed by atoms with Crippen molar-refractivity contribution >= 4 is 51.6 Å². The first-order chi connectivity index (χ1) is 12.3. The fourth-order valence-corrected chi connectivity index (χ4v) is 3.32. The minimum Gasteiger partial charge on any atom is -0.489 e. The smallest absolute Gasteiger partial charge is 0.211 e. The van der Waals surface area contributed by atoms with Crippen LogP contribution in [0.4, 0.5) is 0 Å². The summed E-state index contributed by atoms with van der Waals surface area (Å²) in [6, 6.07) is 7.22. The van der Waals surface area contributed by atoms with Crippen LogP contribution in [0.5, 0.6) is 5.75 Å². The normalized spacial score (nSPS) is 13.0. The number of rotatable bonds is 10. The van der Waals surface area contributed by atoms with Gasteiger partial charge >= 0.3 is 0 Å². The Kier molecular flexibility index (Phi) is 13.0. The monoisotopic (exact) mass is 532 g/mol. The number of nitrogens with zero attached hydrogens (tertiary/aromatic N) is 2. The molecule has 0 aliphatic heterocycles. The highest BCUT2D eigenvalue weighted by Gasteiger charge is 2.13. The average Bonchev–Trinajstić information content (AvgIpc) is 2.58. The summed E-state index contributed by atoms with van der Waals surface area (Å²) >= 11 is 5.86. The first-order valence-corrected chi connectivity index (χ1v) is 10.8. The summed E-state index contributed by atoms with van der Waals surface area (Å²) in [5.41, 5.74) is 0.